The smallest absolute Gasteiger partial charge is 0.138 e. The Hall–Kier alpha value is -0.0800. The van der Waals surface area contributed by atoms with Crippen molar-refractivity contribution in [3.63, 3.8) is 0 Å². The van der Waals surface area contributed by atoms with Gasteiger partial charge in [-0.2, -0.15) is 0 Å². The Balaban J connectivity index is 3.21. The summed E-state index contributed by atoms with van der Waals surface area (Å²) in [5.74, 6) is -0.313. The van der Waals surface area contributed by atoms with E-state index in [-0.39, 0.29) is 5.82 Å². The van der Waals surface area contributed by atoms with E-state index >= 15 is 0 Å². The standard InChI is InChI=1S/C8H7BrClF/c1-2-5-3-6(9)8(11)4-7(5)10/h3-4H,2H2,1H3. The highest BCUT2D eigenvalue weighted by atomic mass is 79.9. The molecular formula is C8H7BrClF. The van der Waals surface area contributed by atoms with E-state index in [0.717, 1.165) is 12.0 Å². The van der Waals surface area contributed by atoms with Crippen molar-refractivity contribution >= 4 is 27.5 Å². The van der Waals surface area contributed by atoms with E-state index < -0.39 is 0 Å². The molecule has 0 aliphatic carbocycles. The van der Waals surface area contributed by atoms with Gasteiger partial charge < -0.3 is 0 Å². The SMILES string of the molecule is CCc1cc(Br)c(F)cc1Cl. The molecule has 60 valence electrons. The second-order valence-electron chi connectivity index (χ2n) is 2.21. The van der Waals surface area contributed by atoms with Crippen LogP contribution in [0.15, 0.2) is 16.6 Å². The molecule has 0 aromatic heterocycles. The first-order chi connectivity index (χ1) is 5.15. The number of rotatable bonds is 1. The molecule has 0 bridgehead atoms. The van der Waals surface area contributed by atoms with E-state index in [9.17, 15) is 4.39 Å². The van der Waals surface area contributed by atoms with Crippen molar-refractivity contribution in [3.05, 3.63) is 33.0 Å². The minimum atomic E-state index is -0.313. The Kier molecular flexibility index (Phi) is 2.90. The van der Waals surface area contributed by atoms with Crippen LogP contribution in [0.5, 0.6) is 0 Å². The van der Waals surface area contributed by atoms with Gasteiger partial charge in [0.15, 0.2) is 0 Å². The summed E-state index contributed by atoms with van der Waals surface area (Å²) in [5, 5.41) is 0.494. The molecule has 3 heteroatoms. The van der Waals surface area contributed by atoms with Crippen molar-refractivity contribution in [1.29, 1.82) is 0 Å². The lowest BCUT2D eigenvalue weighted by atomic mass is 10.2. The van der Waals surface area contributed by atoms with Crippen LogP contribution in [0.2, 0.25) is 5.02 Å². The van der Waals surface area contributed by atoms with E-state index in [4.69, 9.17) is 11.6 Å². The lowest BCUT2D eigenvalue weighted by Gasteiger charge is -2.01. The first-order valence-electron chi connectivity index (χ1n) is 3.28. The molecule has 0 heterocycles. The average Bonchev–Trinajstić information content (AvgIpc) is 1.97. The fraction of sp³-hybridized carbons (Fsp3) is 0.250. The minimum absolute atomic E-state index is 0.313. The Morgan fingerprint density at radius 1 is 1.55 bits per heavy atom. The van der Waals surface area contributed by atoms with Gasteiger partial charge >= 0.3 is 0 Å². The van der Waals surface area contributed by atoms with Crippen molar-refractivity contribution < 1.29 is 4.39 Å². The maximum Gasteiger partial charge on any atom is 0.138 e. The number of hydrogen-bond acceptors (Lipinski definition) is 0. The van der Waals surface area contributed by atoms with Crippen LogP contribution >= 0.6 is 27.5 Å². The summed E-state index contributed by atoms with van der Waals surface area (Å²) < 4.78 is 13.2. The molecule has 0 atom stereocenters. The van der Waals surface area contributed by atoms with Crippen molar-refractivity contribution in [3.8, 4) is 0 Å². The Morgan fingerprint density at radius 3 is 2.73 bits per heavy atom. The molecule has 0 aliphatic heterocycles. The van der Waals surface area contributed by atoms with Crippen LogP contribution in [0, 0.1) is 5.82 Å². The van der Waals surface area contributed by atoms with E-state index in [2.05, 4.69) is 15.9 Å². The van der Waals surface area contributed by atoms with E-state index in [0.29, 0.717) is 9.50 Å². The number of halogens is 3. The normalized spacial score (nSPS) is 10.2. The number of benzene rings is 1. The third-order valence-corrected chi connectivity index (χ3v) is 2.43. The van der Waals surface area contributed by atoms with Crippen molar-refractivity contribution in [2.75, 3.05) is 0 Å². The van der Waals surface area contributed by atoms with Crippen LogP contribution in [0.4, 0.5) is 4.39 Å². The fourth-order valence-electron chi connectivity index (χ4n) is 0.835. The summed E-state index contributed by atoms with van der Waals surface area (Å²) in [7, 11) is 0. The lowest BCUT2D eigenvalue weighted by Crippen LogP contribution is -1.85. The maximum atomic E-state index is 12.8. The second-order valence-corrected chi connectivity index (χ2v) is 3.47. The zero-order valence-electron chi connectivity index (χ0n) is 6.00. The first-order valence-corrected chi connectivity index (χ1v) is 4.45. The molecule has 11 heavy (non-hydrogen) atoms. The van der Waals surface area contributed by atoms with Gasteiger partial charge in [-0.15, -0.1) is 0 Å². The van der Waals surface area contributed by atoms with Gasteiger partial charge in [-0.25, -0.2) is 4.39 Å². The third-order valence-electron chi connectivity index (χ3n) is 1.47. The van der Waals surface area contributed by atoms with Crippen LogP contribution < -0.4 is 0 Å². The van der Waals surface area contributed by atoms with E-state index in [1.807, 2.05) is 6.92 Å². The van der Waals surface area contributed by atoms with Crippen molar-refractivity contribution in [2.45, 2.75) is 13.3 Å². The molecule has 1 aromatic carbocycles. The predicted molar refractivity (Wildman–Crippen MR) is 48.5 cm³/mol. The van der Waals surface area contributed by atoms with Gasteiger partial charge in [0.2, 0.25) is 0 Å². The predicted octanol–water partition coefficient (Wildman–Crippen LogP) is 3.80. The Bertz CT molecular complexity index is 273. The molecule has 0 amide bonds. The minimum Gasteiger partial charge on any atom is -0.206 e. The second kappa shape index (κ2) is 3.55. The van der Waals surface area contributed by atoms with Gasteiger partial charge in [0.1, 0.15) is 5.82 Å². The zero-order valence-corrected chi connectivity index (χ0v) is 8.34. The zero-order chi connectivity index (χ0) is 8.43. The molecule has 0 spiro atoms. The van der Waals surface area contributed by atoms with Gasteiger partial charge in [0.25, 0.3) is 0 Å². The van der Waals surface area contributed by atoms with Gasteiger partial charge in [-0.1, -0.05) is 18.5 Å². The molecule has 1 aromatic rings. The first kappa shape index (κ1) is 9.01. The largest absolute Gasteiger partial charge is 0.206 e. The molecule has 0 radical (unpaired) electrons. The van der Waals surface area contributed by atoms with Crippen LogP contribution in [0.3, 0.4) is 0 Å². The van der Waals surface area contributed by atoms with Crippen molar-refractivity contribution in [2.24, 2.45) is 0 Å². The number of aryl methyl sites for hydroxylation is 1. The molecular weight excluding hydrogens is 230 g/mol. The van der Waals surface area contributed by atoms with Crippen LogP contribution in [0.25, 0.3) is 0 Å². The van der Waals surface area contributed by atoms with Gasteiger partial charge in [-0.3, -0.25) is 0 Å². The number of hydrogen-bond donors (Lipinski definition) is 0. The monoisotopic (exact) mass is 236 g/mol. The molecule has 0 saturated carbocycles. The molecule has 0 nitrogen and oxygen atoms in total. The molecule has 0 fully saturated rings. The summed E-state index contributed by atoms with van der Waals surface area (Å²) in [4.78, 5) is 0. The molecule has 0 N–H and O–H groups in total. The fourth-order valence-corrected chi connectivity index (χ4v) is 1.51. The highest BCUT2D eigenvalue weighted by molar-refractivity contribution is 9.10. The third kappa shape index (κ3) is 1.94. The summed E-state index contributed by atoms with van der Waals surface area (Å²) in [6.07, 6.45) is 0.817. The van der Waals surface area contributed by atoms with Gasteiger partial charge in [0.05, 0.1) is 4.47 Å². The van der Waals surface area contributed by atoms with Gasteiger partial charge in [-0.05, 0) is 40.0 Å². The van der Waals surface area contributed by atoms with Crippen LogP contribution in [-0.4, -0.2) is 0 Å². The Labute approximate surface area is 78.5 Å². The molecule has 0 aliphatic rings. The maximum absolute atomic E-state index is 12.8. The topological polar surface area (TPSA) is 0 Å². The quantitative estimate of drug-likeness (QED) is 0.652. The highest BCUT2D eigenvalue weighted by Gasteiger charge is 2.03. The Morgan fingerprint density at radius 2 is 2.18 bits per heavy atom. The molecule has 0 saturated heterocycles. The lowest BCUT2D eigenvalue weighted by molar-refractivity contribution is 0.620. The average molecular weight is 237 g/mol. The summed E-state index contributed by atoms with van der Waals surface area (Å²) >= 11 is 8.83. The summed E-state index contributed by atoms with van der Waals surface area (Å²) in [5.41, 5.74) is 0.958. The molecule has 0 unspecified atom stereocenters. The van der Waals surface area contributed by atoms with Crippen LogP contribution in [0.1, 0.15) is 12.5 Å². The highest BCUT2D eigenvalue weighted by Crippen LogP contribution is 2.24. The van der Waals surface area contributed by atoms with E-state index in [1.54, 1.807) is 6.07 Å². The van der Waals surface area contributed by atoms with Crippen LogP contribution in [-0.2, 0) is 6.42 Å². The summed E-state index contributed by atoms with van der Waals surface area (Å²) in [6, 6.07) is 3.03. The van der Waals surface area contributed by atoms with E-state index in [1.165, 1.54) is 6.07 Å². The van der Waals surface area contributed by atoms with Crippen molar-refractivity contribution in [1.82, 2.24) is 0 Å². The van der Waals surface area contributed by atoms with Gasteiger partial charge in [0, 0.05) is 5.02 Å². The molecule has 1 rings (SSSR count). The summed E-state index contributed by atoms with van der Waals surface area (Å²) in [6.45, 7) is 1.98.